The summed E-state index contributed by atoms with van der Waals surface area (Å²) >= 11 is 0. The van der Waals surface area contributed by atoms with Crippen LogP contribution in [0.3, 0.4) is 0 Å². The van der Waals surface area contributed by atoms with Gasteiger partial charge < -0.3 is 19.3 Å². The molecule has 0 radical (unpaired) electrons. The predicted molar refractivity (Wildman–Crippen MR) is 201 cm³/mol. The molecule has 0 heterocycles. The van der Waals surface area contributed by atoms with Gasteiger partial charge in [0.1, 0.15) is 6.10 Å². The van der Waals surface area contributed by atoms with Gasteiger partial charge >= 0.3 is 23.9 Å². The van der Waals surface area contributed by atoms with Crippen LogP contribution < -0.4 is 0 Å². The number of carboxylic acid groups (broad SMARTS) is 1. The normalized spacial score (nSPS) is 11.1. The van der Waals surface area contributed by atoms with E-state index in [0.29, 0.717) is 30.8 Å². The number of carbonyl (C=O) groups is 4. The summed E-state index contributed by atoms with van der Waals surface area (Å²) in [6.07, 6.45) is 15.9. The number of benzene rings is 3. The maximum atomic E-state index is 12.4. The van der Waals surface area contributed by atoms with Gasteiger partial charge in [-0.2, -0.15) is 0 Å². The molecule has 8 heteroatoms. The van der Waals surface area contributed by atoms with Gasteiger partial charge in [-0.25, -0.2) is 19.2 Å². The summed E-state index contributed by atoms with van der Waals surface area (Å²) in [6.45, 7) is 7.25. The van der Waals surface area contributed by atoms with Crippen molar-refractivity contribution in [2.75, 3.05) is 13.2 Å². The number of hydrogen-bond donors (Lipinski definition) is 1. The fourth-order valence-corrected chi connectivity index (χ4v) is 5.48. The molecule has 0 aliphatic heterocycles. The zero-order chi connectivity index (χ0) is 37.1. The van der Waals surface area contributed by atoms with E-state index in [9.17, 15) is 24.3 Å². The summed E-state index contributed by atoms with van der Waals surface area (Å²) in [5, 5.41) is 9.20. The van der Waals surface area contributed by atoms with Crippen molar-refractivity contribution in [2.24, 2.45) is 0 Å². The van der Waals surface area contributed by atoms with Gasteiger partial charge in [0.25, 0.3) is 0 Å². The lowest BCUT2D eigenvalue weighted by atomic mass is 10.0. The summed E-state index contributed by atoms with van der Waals surface area (Å²) < 4.78 is 16.3. The summed E-state index contributed by atoms with van der Waals surface area (Å²) in [5.41, 5.74) is 1.54. The Morgan fingerprint density at radius 1 is 0.490 bits per heavy atom. The van der Waals surface area contributed by atoms with Crippen molar-refractivity contribution in [3.05, 3.63) is 107 Å². The maximum absolute atomic E-state index is 12.4. The fourth-order valence-electron chi connectivity index (χ4n) is 5.48. The van der Waals surface area contributed by atoms with Crippen LogP contribution in [0.1, 0.15) is 170 Å². The Balaban J connectivity index is 0.000000360. The number of ether oxygens (including phenoxy) is 3. The molecule has 0 amide bonds. The van der Waals surface area contributed by atoms with Crippen LogP contribution in [0.4, 0.5) is 0 Å². The molecule has 1 N–H and O–H groups in total. The van der Waals surface area contributed by atoms with Crippen molar-refractivity contribution in [3.8, 4) is 0 Å². The fraction of sp³-hybridized carbons (Fsp3) is 0.488. The average molecular weight is 703 g/mol. The van der Waals surface area contributed by atoms with E-state index in [4.69, 9.17) is 14.2 Å². The highest BCUT2D eigenvalue weighted by Gasteiger charge is 2.22. The van der Waals surface area contributed by atoms with Crippen molar-refractivity contribution in [1.82, 2.24) is 0 Å². The molecule has 0 spiro atoms. The number of aromatic carboxylic acids is 1. The topological polar surface area (TPSA) is 116 Å². The van der Waals surface area contributed by atoms with E-state index in [0.717, 1.165) is 44.1 Å². The monoisotopic (exact) mass is 702 g/mol. The van der Waals surface area contributed by atoms with Crippen LogP contribution in [-0.4, -0.2) is 42.2 Å². The SMILES string of the molecule is CCCCC(OC(=O)c1ccccc1C(=O)O)c1ccccc1.CCCCCCCCOC(=O)c1ccccc1C(=O)OCCCCCCCC. The van der Waals surface area contributed by atoms with Crippen molar-refractivity contribution in [2.45, 2.75) is 123 Å². The molecule has 8 nitrogen and oxygen atoms in total. The zero-order valence-electron chi connectivity index (χ0n) is 30.9. The third kappa shape index (κ3) is 16.9. The van der Waals surface area contributed by atoms with Crippen LogP contribution in [0.25, 0.3) is 0 Å². The smallest absolute Gasteiger partial charge is 0.339 e. The lowest BCUT2D eigenvalue weighted by Gasteiger charge is -2.18. The number of esters is 3. The third-order valence-electron chi connectivity index (χ3n) is 8.45. The van der Waals surface area contributed by atoms with Gasteiger partial charge in [0.2, 0.25) is 0 Å². The predicted octanol–water partition coefficient (Wildman–Crippen LogP) is 11.2. The zero-order valence-corrected chi connectivity index (χ0v) is 30.9. The standard InChI is InChI=1S/C24H38O4.C19H20O4/c1-3-5-7-9-11-15-19-27-23(25)21-17-13-14-18-22(21)24(26)28-20-16-12-10-8-6-4-2;1-2-3-13-17(14-9-5-4-6-10-14)23-19(22)16-12-8-7-11-15(16)18(20)21/h13-14,17-18H,3-12,15-16,19-20H2,1-2H3;4-12,17H,2-3,13H2,1H3,(H,20,21). The Morgan fingerprint density at radius 2 is 0.882 bits per heavy atom. The molecule has 3 aromatic carbocycles. The van der Waals surface area contributed by atoms with E-state index >= 15 is 0 Å². The minimum absolute atomic E-state index is 0.0418. The van der Waals surface area contributed by atoms with Gasteiger partial charge in [-0.15, -0.1) is 0 Å². The quantitative estimate of drug-likeness (QED) is 0.0589. The van der Waals surface area contributed by atoms with E-state index < -0.39 is 23.9 Å². The molecular weight excluding hydrogens is 644 g/mol. The van der Waals surface area contributed by atoms with Gasteiger partial charge in [0, 0.05) is 0 Å². The van der Waals surface area contributed by atoms with Crippen molar-refractivity contribution < 1.29 is 38.5 Å². The average Bonchev–Trinajstić information content (AvgIpc) is 3.16. The van der Waals surface area contributed by atoms with Gasteiger partial charge in [-0.3, -0.25) is 0 Å². The maximum Gasteiger partial charge on any atom is 0.339 e. The highest BCUT2D eigenvalue weighted by Crippen LogP contribution is 2.25. The van der Waals surface area contributed by atoms with E-state index in [-0.39, 0.29) is 17.2 Å². The number of unbranched alkanes of at least 4 members (excludes halogenated alkanes) is 11. The Kier molecular flexibility index (Phi) is 22.1. The van der Waals surface area contributed by atoms with Crippen LogP contribution in [0.5, 0.6) is 0 Å². The molecular formula is C43H58O8. The Bertz CT molecular complexity index is 1390. The first-order valence-electron chi connectivity index (χ1n) is 18.8. The Hall–Kier alpha value is -4.46. The Morgan fingerprint density at radius 3 is 1.33 bits per heavy atom. The van der Waals surface area contributed by atoms with Crippen LogP contribution in [0.15, 0.2) is 78.9 Å². The van der Waals surface area contributed by atoms with Crippen LogP contribution in [-0.2, 0) is 14.2 Å². The number of hydrogen-bond acceptors (Lipinski definition) is 7. The molecule has 3 aromatic rings. The molecule has 51 heavy (non-hydrogen) atoms. The molecule has 0 saturated carbocycles. The summed E-state index contributed by atoms with van der Waals surface area (Å²) in [6, 6.07) is 22.4. The highest BCUT2D eigenvalue weighted by molar-refractivity contribution is 6.03. The first kappa shape index (κ1) is 42.7. The van der Waals surface area contributed by atoms with Crippen LogP contribution in [0.2, 0.25) is 0 Å². The van der Waals surface area contributed by atoms with Crippen LogP contribution >= 0.6 is 0 Å². The second kappa shape index (κ2) is 26.4. The molecule has 0 aliphatic rings. The third-order valence-corrected chi connectivity index (χ3v) is 8.45. The van der Waals surface area contributed by atoms with Crippen LogP contribution in [0, 0.1) is 0 Å². The molecule has 0 saturated heterocycles. The number of rotatable bonds is 23. The Labute approximate surface area is 304 Å². The van der Waals surface area contributed by atoms with E-state index in [1.54, 1.807) is 36.4 Å². The van der Waals surface area contributed by atoms with Gasteiger partial charge in [-0.1, -0.05) is 146 Å². The summed E-state index contributed by atoms with van der Waals surface area (Å²) in [7, 11) is 0. The van der Waals surface area contributed by atoms with E-state index in [2.05, 4.69) is 20.8 Å². The lowest BCUT2D eigenvalue weighted by Crippen LogP contribution is -2.15. The van der Waals surface area contributed by atoms with Crippen molar-refractivity contribution >= 4 is 23.9 Å². The van der Waals surface area contributed by atoms with Crippen molar-refractivity contribution in [1.29, 1.82) is 0 Å². The molecule has 1 atom stereocenters. The molecule has 0 fully saturated rings. The summed E-state index contributed by atoms with van der Waals surface area (Å²) in [5.74, 6) is -2.63. The number of carboxylic acids is 1. The molecule has 278 valence electrons. The second-order valence-electron chi connectivity index (χ2n) is 12.7. The minimum atomic E-state index is -1.14. The van der Waals surface area contributed by atoms with Gasteiger partial charge in [0.15, 0.2) is 0 Å². The molecule has 3 rings (SSSR count). The molecule has 0 aromatic heterocycles. The molecule has 0 aliphatic carbocycles. The summed E-state index contributed by atoms with van der Waals surface area (Å²) in [4.78, 5) is 48.4. The minimum Gasteiger partial charge on any atom is -0.478 e. The molecule has 0 bridgehead atoms. The van der Waals surface area contributed by atoms with Gasteiger partial charge in [0.05, 0.1) is 35.5 Å². The highest BCUT2D eigenvalue weighted by atomic mass is 16.5. The largest absolute Gasteiger partial charge is 0.478 e. The van der Waals surface area contributed by atoms with E-state index in [1.807, 2.05) is 30.3 Å². The van der Waals surface area contributed by atoms with E-state index in [1.165, 1.54) is 63.5 Å². The van der Waals surface area contributed by atoms with Crippen molar-refractivity contribution in [3.63, 3.8) is 0 Å². The molecule has 1 unspecified atom stereocenters. The first-order chi connectivity index (χ1) is 24.8. The number of carbonyl (C=O) groups excluding carboxylic acids is 3. The first-order valence-corrected chi connectivity index (χ1v) is 18.8. The van der Waals surface area contributed by atoms with Gasteiger partial charge in [-0.05, 0) is 55.5 Å². The lowest BCUT2D eigenvalue weighted by molar-refractivity contribution is 0.0266. The second-order valence-corrected chi connectivity index (χ2v) is 12.7.